The summed E-state index contributed by atoms with van der Waals surface area (Å²) < 4.78 is 0. The van der Waals surface area contributed by atoms with Crippen molar-refractivity contribution in [1.82, 2.24) is 0 Å². The Morgan fingerprint density at radius 1 is 0.625 bits per heavy atom. The summed E-state index contributed by atoms with van der Waals surface area (Å²) >= 11 is 0. The summed E-state index contributed by atoms with van der Waals surface area (Å²) in [6, 6.07) is 0. The average molecular weight is 224 g/mol. The van der Waals surface area contributed by atoms with Crippen LogP contribution < -0.4 is 0 Å². The molecular weight excluding hydrogens is 192 g/mol. The summed E-state index contributed by atoms with van der Waals surface area (Å²) in [5.74, 6) is 2.25. The lowest BCUT2D eigenvalue weighted by atomic mass is 9.69. The summed E-state index contributed by atoms with van der Waals surface area (Å²) in [6.45, 7) is 4.61. The second-order valence-corrected chi connectivity index (χ2v) is 5.80. The predicted octanol–water partition coefficient (Wildman–Crippen LogP) is 5.95. The molecule has 0 saturated heterocycles. The summed E-state index contributed by atoms with van der Waals surface area (Å²) in [6.07, 6.45) is 17.8. The van der Waals surface area contributed by atoms with E-state index in [1.165, 1.54) is 51.4 Å². The molecule has 0 N–H and O–H groups in total. The average Bonchev–Trinajstić information content (AvgIpc) is 2.27. The Hall–Kier alpha value is 0. The largest absolute Gasteiger partial charge is 0.0654 e. The van der Waals surface area contributed by atoms with E-state index in [0.717, 1.165) is 11.8 Å². The fraction of sp³-hybridized carbons (Fsp3) is 1.00. The van der Waals surface area contributed by atoms with Crippen molar-refractivity contribution < 1.29 is 0 Å². The minimum atomic E-state index is 1.12. The molecule has 2 atom stereocenters. The van der Waals surface area contributed by atoms with Crippen LogP contribution in [0.5, 0.6) is 0 Å². The molecule has 0 aromatic heterocycles. The third-order valence-corrected chi connectivity index (χ3v) is 4.43. The molecule has 96 valence electrons. The molecule has 0 amide bonds. The van der Waals surface area contributed by atoms with Gasteiger partial charge in [-0.3, -0.25) is 0 Å². The van der Waals surface area contributed by atoms with Crippen molar-refractivity contribution in [3.8, 4) is 0 Å². The summed E-state index contributed by atoms with van der Waals surface area (Å²) in [5.41, 5.74) is 0. The van der Waals surface area contributed by atoms with Crippen molar-refractivity contribution in [3.63, 3.8) is 0 Å². The van der Waals surface area contributed by atoms with Gasteiger partial charge in [0.15, 0.2) is 0 Å². The number of unbranched alkanes of at least 4 members (excludes halogenated alkanes) is 6. The monoisotopic (exact) mass is 224 g/mol. The van der Waals surface area contributed by atoms with Crippen molar-refractivity contribution in [2.24, 2.45) is 11.8 Å². The first-order chi connectivity index (χ1) is 7.88. The third-order valence-electron chi connectivity index (χ3n) is 4.43. The Morgan fingerprint density at radius 2 is 1.06 bits per heavy atom. The highest BCUT2D eigenvalue weighted by Crippen LogP contribution is 2.41. The van der Waals surface area contributed by atoms with E-state index in [1.807, 2.05) is 0 Å². The van der Waals surface area contributed by atoms with Gasteiger partial charge in [0.1, 0.15) is 0 Å². The van der Waals surface area contributed by atoms with E-state index in [-0.39, 0.29) is 0 Å². The highest BCUT2D eigenvalue weighted by Gasteiger charge is 2.29. The maximum Gasteiger partial charge on any atom is -0.0386 e. The lowest BCUT2D eigenvalue weighted by molar-refractivity contribution is 0.145. The van der Waals surface area contributed by atoms with Gasteiger partial charge < -0.3 is 0 Å². The fourth-order valence-corrected chi connectivity index (χ4v) is 3.06. The van der Waals surface area contributed by atoms with Gasteiger partial charge in [-0.05, 0) is 24.7 Å². The van der Waals surface area contributed by atoms with Crippen LogP contribution >= 0.6 is 0 Å². The van der Waals surface area contributed by atoms with Gasteiger partial charge >= 0.3 is 0 Å². The van der Waals surface area contributed by atoms with Gasteiger partial charge in [0.2, 0.25) is 0 Å². The van der Waals surface area contributed by atoms with E-state index in [2.05, 4.69) is 13.8 Å². The minimum Gasteiger partial charge on any atom is -0.0654 e. The van der Waals surface area contributed by atoms with Crippen molar-refractivity contribution in [1.29, 1.82) is 0 Å². The van der Waals surface area contributed by atoms with Gasteiger partial charge in [-0.2, -0.15) is 0 Å². The molecule has 0 spiro atoms. The van der Waals surface area contributed by atoms with Gasteiger partial charge in [-0.15, -0.1) is 0 Å². The Morgan fingerprint density at radius 3 is 1.38 bits per heavy atom. The third kappa shape index (κ3) is 5.37. The summed E-state index contributed by atoms with van der Waals surface area (Å²) in [5, 5.41) is 0. The number of hydrogen-bond donors (Lipinski definition) is 0. The lowest BCUT2D eigenvalue weighted by Crippen LogP contribution is -2.25. The molecule has 0 heterocycles. The van der Waals surface area contributed by atoms with E-state index < -0.39 is 0 Å². The van der Waals surface area contributed by atoms with Crippen LogP contribution in [-0.2, 0) is 0 Å². The fourth-order valence-electron chi connectivity index (χ4n) is 3.06. The quantitative estimate of drug-likeness (QED) is 0.402. The van der Waals surface area contributed by atoms with Crippen molar-refractivity contribution >= 4 is 0 Å². The van der Waals surface area contributed by atoms with E-state index in [9.17, 15) is 0 Å². The Labute approximate surface area is 103 Å². The van der Waals surface area contributed by atoms with Crippen molar-refractivity contribution in [2.45, 2.75) is 90.9 Å². The van der Waals surface area contributed by atoms with Crippen LogP contribution in [0.3, 0.4) is 0 Å². The first-order valence-corrected chi connectivity index (χ1v) is 7.88. The topological polar surface area (TPSA) is 0 Å². The summed E-state index contributed by atoms with van der Waals surface area (Å²) in [4.78, 5) is 0. The molecule has 1 aliphatic rings. The maximum absolute atomic E-state index is 2.31. The number of hydrogen-bond acceptors (Lipinski definition) is 0. The second kappa shape index (κ2) is 9.07. The molecule has 0 aromatic rings. The molecule has 0 aliphatic heterocycles. The first-order valence-electron chi connectivity index (χ1n) is 7.88. The van der Waals surface area contributed by atoms with Crippen LogP contribution in [-0.4, -0.2) is 0 Å². The van der Waals surface area contributed by atoms with E-state index >= 15 is 0 Å². The minimum absolute atomic E-state index is 1.12. The van der Waals surface area contributed by atoms with Crippen LogP contribution in [0, 0.1) is 11.8 Å². The molecule has 0 aromatic carbocycles. The Kier molecular flexibility index (Phi) is 7.98. The van der Waals surface area contributed by atoms with Gasteiger partial charge in [-0.1, -0.05) is 78.1 Å². The normalized spacial score (nSPS) is 24.4. The van der Waals surface area contributed by atoms with E-state index in [4.69, 9.17) is 0 Å². The molecule has 0 heteroatoms. The van der Waals surface area contributed by atoms with Crippen molar-refractivity contribution in [3.05, 3.63) is 0 Å². The Balaban J connectivity index is 1.93. The maximum atomic E-state index is 2.31. The molecule has 1 rings (SSSR count). The van der Waals surface area contributed by atoms with E-state index in [0.29, 0.717) is 0 Å². The molecule has 1 saturated carbocycles. The molecule has 1 aliphatic carbocycles. The summed E-state index contributed by atoms with van der Waals surface area (Å²) in [7, 11) is 0. The zero-order valence-electron chi connectivity index (χ0n) is 11.6. The lowest BCUT2D eigenvalue weighted by Gasteiger charge is -2.37. The van der Waals surface area contributed by atoms with Gasteiger partial charge in [0.25, 0.3) is 0 Å². The second-order valence-electron chi connectivity index (χ2n) is 5.80. The first kappa shape index (κ1) is 14.1. The standard InChI is InChI=1S/C16H32/c1-3-5-7-9-11-15-13-14-16(15)12-10-8-6-4-2/h15-16H,3-14H2,1-2H3. The Bertz CT molecular complexity index is 132. The number of rotatable bonds is 10. The zero-order chi connectivity index (χ0) is 11.6. The molecule has 0 radical (unpaired) electrons. The predicted molar refractivity (Wildman–Crippen MR) is 73.7 cm³/mol. The highest BCUT2D eigenvalue weighted by molar-refractivity contribution is 4.80. The van der Waals surface area contributed by atoms with Crippen LogP contribution in [0.2, 0.25) is 0 Å². The SMILES string of the molecule is CCCCCCC1CCC1CCCCCC. The molecule has 2 unspecified atom stereocenters. The molecule has 16 heavy (non-hydrogen) atoms. The molecular formula is C16H32. The molecule has 1 fully saturated rings. The van der Waals surface area contributed by atoms with Gasteiger partial charge in [-0.25, -0.2) is 0 Å². The van der Waals surface area contributed by atoms with E-state index in [1.54, 1.807) is 25.7 Å². The smallest absolute Gasteiger partial charge is 0.0386 e. The van der Waals surface area contributed by atoms with Crippen LogP contribution in [0.4, 0.5) is 0 Å². The molecule has 0 nitrogen and oxygen atoms in total. The van der Waals surface area contributed by atoms with Crippen LogP contribution in [0.15, 0.2) is 0 Å². The highest BCUT2D eigenvalue weighted by atomic mass is 14.3. The van der Waals surface area contributed by atoms with Crippen LogP contribution in [0.1, 0.15) is 90.9 Å². The van der Waals surface area contributed by atoms with Gasteiger partial charge in [0, 0.05) is 0 Å². The van der Waals surface area contributed by atoms with Gasteiger partial charge in [0.05, 0.1) is 0 Å². The molecule has 0 bridgehead atoms. The van der Waals surface area contributed by atoms with Crippen molar-refractivity contribution in [2.75, 3.05) is 0 Å². The zero-order valence-corrected chi connectivity index (χ0v) is 11.6. The van der Waals surface area contributed by atoms with Crippen LogP contribution in [0.25, 0.3) is 0 Å².